The van der Waals surface area contributed by atoms with Crippen molar-refractivity contribution in [3.8, 4) is 0 Å². The second kappa shape index (κ2) is 6.98. The van der Waals surface area contributed by atoms with Crippen LogP contribution in [0.3, 0.4) is 0 Å². The zero-order valence-corrected chi connectivity index (χ0v) is 16.5. The van der Waals surface area contributed by atoms with Gasteiger partial charge in [0.2, 0.25) is 5.91 Å². The second-order valence-electron chi connectivity index (χ2n) is 7.42. The molecule has 0 aliphatic carbocycles. The number of carbonyl (C=O) groups is 3. The summed E-state index contributed by atoms with van der Waals surface area (Å²) in [6.07, 6.45) is 0. The third-order valence-corrected chi connectivity index (χ3v) is 6.16. The van der Waals surface area contributed by atoms with Crippen molar-refractivity contribution >= 4 is 35.3 Å². The van der Waals surface area contributed by atoms with Gasteiger partial charge >= 0.3 is 6.03 Å². The Morgan fingerprint density at radius 3 is 2.46 bits per heavy atom. The van der Waals surface area contributed by atoms with E-state index in [4.69, 9.17) is 0 Å². The first kappa shape index (κ1) is 18.6. The number of anilines is 1. The number of urea groups is 1. The van der Waals surface area contributed by atoms with Crippen LogP contribution in [-0.2, 0) is 9.59 Å². The number of para-hydroxylation sites is 1. The van der Waals surface area contributed by atoms with Crippen LogP contribution in [0, 0.1) is 0 Å². The van der Waals surface area contributed by atoms with E-state index >= 15 is 0 Å². The number of nitrogens with one attached hydrogen (secondary N) is 1. The van der Waals surface area contributed by atoms with Crippen LogP contribution in [0.25, 0.3) is 0 Å². The topological polar surface area (TPSA) is 69.7 Å². The molecule has 4 rings (SSSR count). The van der Waals surface area contributed by atoms with Gasteiger partial charge in [-0.25, -0.2) is 4.79 Å². The molecule has 1 atom stereocenters. The van der Waals surface area contributed by atoms with E-state index in [1.807, 2.05) is 54.6 Å². The number of hydrogen-bond donors (Lipinski definition) is 1. The number of rotatable bonds is 3. The number of amides is 4. The van der Waals surface area contributed by atoms with E-state index in [0.29, 0.717) is 5.75 Å². The average molecular weight is 395 g/mol. The fourth-order valence-corrected chi connectivity index (χ4v) is 4.76. The minimum Gasteiger partial charge on any atom is -0.324 e. The summed E-state index contributed by atoms with van der Waals surface area (Å²) in [6.45, 7) is 2.99. The Kier molecular flexibility index (Phi) is 4.63. The Bertz CT molecular complexity index is 945. The first-order valence-corrected chi connectivity index (χ1v) is 10.1. The molecule has 2 aromatic rings. The van der Waals surface area contributed by atoms with Gasteiger partial charge in [-0.15, -0.1) is 11.8 Å². The Balaban J connectivity index is 1.68. The lowest BCUT2D eigenvalue weighted by molar-refractivity contribution is -0.133. The normalized spacial score (nSPS) is 20.7. The molecule has 0 spiro atoms. The van der Waals surface area contributed by atoms with Crippen molar-refractivity contribution in [2.24, 2.45) is 0 Å². The van der Waals surface area contributed by atoms with Crippen LogP contribution in [0.4, 0.5) is 10.5 Å². The van der Waals surface area contributed by atoms with Crippen LogP contribution in [0.15, 0.2) is 59.5 Å². The number of carbonyl (C=O) groups excluding carboxylic acids is 3. The van der Waals surface area contributed by atoms with E-state index in [0.717, 1.165) is 21.0 Å². The second-order valence-corrected chi connectivity index (χ2v) is 8.48. The number of thioether (sulfide) groups is 1. The Morgan fingerprint density at radius 2 is 1.79 bits per heavy atom. The Morgan fingerprint density at radius 1 is 1.11 bits per heavy atom. The fourth-order valence-electron chi connectivity index (χ4n) is 3.59. The molecule has 2 aliphatic rings. The van der Waals surface area contributed by atoms with Gasteiger partial charge in [0.25, 0.3) is 5.91 Å². The number of nitrogens with zero attached hydrogens (tertiary/aromatic N) is 2. The van der Waals surface area contributed by atoms with Crippen LogP contribution in [0.5, 0.6) is 0 Å². The molecular weight excluding hydrogens is 374 g/mol. The van der Waals surface area contributed by atoms with Crippen LogP contribution < -0.4 is 10.2 Å². The van der Waals surface area contributed by atoms with Gasteiger partial charge in [0, 0.05) is 10.6 Å². The van der Waals surface area contributed by atoms with Crippen molar-refractivity contribution in [2.75, 3.05) is 17.2 Å². The van der Waals surface area contributed by atoms with Crippen molar-refractivity contribution in [1.82, 2.24) is 10.2 Å². The van der Waals surface area contributed by atoms with Gasteiger partial charge in [0.1, 0.15) is 12.1 Å². The Labute approximate surface area is 167 Å². The van der Waals surface area contributed by atoms with E-state index in [-0.39, 0.29) is 24.4 Å². The summed E-state index contributed by atoms with van der Waals surface area (Å²) in [5.74, 6) is 0.0443. The summed E-state index contributed by atoms with van der Waals surface area (Å²) in [5.41, 5.74) is 0.838. The van der Waals surface area contributed by atoms with Crippen molar-refractivity contribution in [2.45, 2.75) is 30.3 Å². The zero-order chi connectivity index (χ0) is 19.9. The molecule has 28 heavy (non-hydrogen) atoms. The lowest BCUT2D eigenvalue weighted by Crippen LogP contribution is -2.47. The third-order valence-electron chi connectivity index (χ3n) is 5.02. The van der Waals surface area contributed by atoms with Crippen molar-refractivity contribution in [1.29, 1.82) is 0 Å². The quantitative estimate of drug-likeness (QED) is 0.811. The maximum atomic E-state index is 13.3. The molecular formula is C21H21N3O3S. The molecule has 2 heterocycles. The largest absolute Gasteiger partial charge is 0.325 e. The molecule has 1 N–H and O–H groups in total. The maximum Gasteiger partial charge on any atom is 0.325 e. The summed E-state index contributed by atoms with van der Waals surface area (Å²) in [4.78, 5) is 41.9. The standard InChI is InChI=1S/C21H21N3O3S/c1-21(2)19(26)23(20(27)22-21)12-18(25)24-15-10-6-7-11-17(15)28-13-16(24)14-8-4-3-5-9-14/h3-11,16H,12-13H2,1-2H3,(H,22,27). The first-order valence-electron chi connectivity index (χ1n) is 9.11. The van der Waals surface area contributed by atoms with Gasteiger partial charge in [0.15, 0.2) is 0 Å². The van der Waals surface area contributed by atoms with Crippen LogP contribution in [0.2, 0.25) is 0 Å². The minimum atomic E-state index is -0.994. The summed E-state index contributed by atoms with van der Waals surface area (Å²) in [5, 5.41) is 2.63. The van der Waals surface area contributed by atoms with E-state index in [9.17, 15) is 14.4 Å². The fraction of sp³-hybridized carbons (Fsp3) is 0.286. The summed E-state index contributed by atoms with van der Waals surface area (Å²) >= 11 is 1.70. The SMILES string of the molecule is CC1(C)NC(=O)N(CC(=O)N2c3ccccc3SCC2c2ccccc2)C1=O. The van der Waals surface area contributed by atoms with Crippen LogP contribution >= 0.6 is 11.8 Å². The van der Waals surface area contributed by atoms with Gasteiger partial charge < -0.3 is 10.2 Å². The minimum absolute atomic E-state index is 0.164. The van der Waals surface area contributed by atoms with Gasteiger partial charge in [-0.1, -0.05) is 42.5 Å². The van der Waals surface area contributed by atoms with Crippen molar-refractivity contribution < 1.29 is 14.4 Å². The monoisotopic (exact) mass is 395 g/mol. The molecule has 2 aliphatic heterocycles. The third kappa shape index (κ3) is 3.16. The number of hydrogen-bond acceptors (Lipinski definition) is 4. The van der Waals surface area contributed by atoms with E-state index < -0.39 is 11.6 Å². The van der Waals surface area contributed by atoms with Crippen molar-refractivity contribution in [3.63, 3.8) is 0 Å². The lowest BCUT2D eigenvalue weighted by atomic mass is 10.0. The van der Waals surface area contributed by atoms with Crippen LogP contribution in [0.1, 0.15) is 25.5 Å². The van der Waals surface area contributed by atoms with Gasteiger partial charge in [0.05, 0.1) is 11.7 Å². The van der Waals surface area contributed by atoms with E-state index in [2.05, 4.69) is 5.32 Å². The highest BCUT2D eigenvalue weighted by atomic mass is 32.2. The molecule has 0 radical (unpaired) electrons. The van der Waals surface area contributed by atoms with Crippen LogP contribution in [-0.4, -0.2) is 40.6 Å². The smallest absolute Gasteiger partial charge is 0.324 e. The number of imide groups is 1. The average Bonchev–Trinajstić information content (AvgIpc) is 2.89. The molecule has 1 unspecified atom stereocenters. The number of benzene rings is 2. The molecule has 2 aromatic carbocycles. The maximum absolute atomic E-state index is 13.3. The summed E-state index contributed by atoms with van der Waals surface area (Å²) < 4.78 is 0. The van der Waals surface area contributed by atoms with E-state index in [1.54, 1.807) is 30.5 Å². The predicted molar refractivity (Wildman–Crippen MR) is 108 cm³/mol. The Hall–Kier alpha value is -2.80. The highest BCUT2D eigenvalue weighted by Gasteiger charge is 2.46. The predicted octanol–water partition coefficient (Wildman–Crippen LogP) is 3.20. The molecule has 0 aromatic heterocycles. The van der Waals surface area contributed by atoms with E-state index in [1.165, 1.54) is 0 Å². The molecule has 7 heteroatoms. The lowest BCUT2D eigenvalue weighted by Gasteiger charge is -2.37. The highest BCUT2D eigenvalue weighted by molar-refractivity contribution is 7.99. The molecule has 4 amide bonds. The molecule has 0 saturated carbocycles. The molecule has 1 fully saturated rings. The van der Waals surface area contributed by atoms with Gasteiger partial charge in [-0.2, -0.15) is 0 Å². The molecule has 144 valence electrons. The molecule has 1 saturated heterocycles. The summed E-state index contributed by atoms with van der Waals surface area (Å²) in [6, 6.07) is 16.9. The summed E-state index contributed by atoms with van der Waals surface area (Å²) in [7, 11) is 0. The number of fused-ring (bicyclic) bond motifs is 1. The zero-order valence-electron chi connectivity index (χ0n) is 15.7. The highest BCUT2D eigenvalue weighted by Crippen LogP contribution is 2.43. The van der Waals surface area contributed by atoms with Gasteiger partial charge in [-0.05, 0) is 31.5 Å². The molecule has 0 bridgehead atoms. The first-order chi connectivity index (χ1) is 13.4. The van der Waals surface area contributed by atoms with Gasteiger partial charge in [-0.3, -0.25) is 14.5 Å². The molecule has 6 nitrogen and oxygen atoms in total. The van der Waals surface area contributed by atoms with Crippen molar-refractivity contribution in [3.05, 3.63) is 60.2 Å².